The molecule has 1 saturated carbocycles. The summed E-state index contributed by atoms with van der Waals surface area (Å²) in [5.74, 6) is 0. The van der Waals surface area contributed by atoms with Crippen LogP contribution in [0.25, 0.3) is 0 Å². The van der Waals surface area contributed by atoms with Crippen molar-refractivity contribution in [3.05, 3.63) is 0 Å². The first-order valence-corrected chi connectivity index (χ1v) is 5.68. The summed E-state index contributed by atoms with van der Waals surface area (Å²) in [6, 6.07) is 0. The number of hydrogen-bond acceptors (Lipinski definition) is 1. The molecule has 0 saturated heterocycles. The molecule has 2 unspecified atom stereocenters. The Morgan fingerprint density at radius 1 is 1.31 bits per heavy atom. The van der Waals surface area contributed by atoms with Crippen LogP contribution in [0.5, 0.6) is 0 Å². The highest BCUT2D eigenvalue weighted by Gasteiger charge is 2.52. The van der Waals surface area contributed by atoms with Crippen LogP contribution in [0.3, 0.4) is 0 Å². The van der Waals surface area contributed by atoms with Crippen molar-refractivity contribution >= 4 is 0 Å². The molecule has 1 aliphatic rings. The van der Waals surface area contributed by atoms with Crippen LogP contribution < -0.4 is 0 Å². The second-order valence-electron chi connectivity index (χ2n) is 5.20. The largest absolute Gasteiger partial charge is 0.393 e. The van der Waals surface area contributed by atoms with Crippen LogP contribution in [0.2, 0.25) is 0 Å². The van der Waals surface area contributed by atoms with Crippen molar-refractivity contribution in [1.29, 1.82) is 0 Å². The third-order valence-electron chi connectivity index (χ3n) is 4.36. The standard InChI is InChI=1S/C12H24O/c1-5-8-12(6-2)10(13)7-9-11(12,3)4/h10,13H,5-9H2,1-4H3. The lowest BCUT2D eigenvalue weighted by atomic mass is 9.63. The first-order valence-electron chi connectivity index (χ1n) is 5.68. The fourth-order valence-corrected chi connectivity index (χ4v) is 3.32. The maximum atomic E-state index is 10.1. The van der Waals surface area contributed by atoms with Gasteiger partial charge in [0.1, 0.15) is 0 Å². The fourth-order valence-electron chi connectivity index (χ4n) is 3.32. The highest BCUT2D eigenvalue weighted by Crippen LogP contribution is 2.57. The average Bonchev–Trinajstić information content (AvgIpc) is 2.29. The fraction of sp³-hybridized carbons (Fsp3) is 1.00. The Bertz CT molecular complexity index is 174. The van der Waals surface area contributed by atoms with E-state index in [1.807, 2.05) is 0 Å². The van der Waals surface area contributed by atoms with E-state index < -0.39 is 0 Å². The molecule has 0 aromatic rings. The highest BCUT2D eigenvalue weighted by molar-refractivity contribution is 5.02. The summed E-state index contributed by atoms with van der Waals surface area (Å²) in [6.45, 7) is 9.09. The Hall–Kier alpha value is -0.0400. The van der Waals surface area contributed by atoms with Crippen LogP contribution in [0, 0.1) is 10.8 Å². The van der Waals surface area contributed by atoms with Gasteiger partial charge in [0.2, 0.25) is 0 Å². The van der Waals surface area contributed by atoms with Crippen LogP contribution in [0.1, 0.15) is 59.8 Å². The molecule has 0 heterocycles. The number of aliphatic hydroxyl groups is 1. The molecule has 0 aromatic heterocycles. The minimum Gasteiger partial charge on any atom is -0.393 e. The van der Waals surface area contributed by atoms with Crippen molar-refractivity contribution in [2.24, 2.45) is 10.8 Å². The molecule has 1 fully saturated rings. The summed E-state index contributed by atoms with van der Waals surface area (Å²) in [4.78, 5) is 0. The number of rotatable bonds is 3. The van der Waals surface area contributed by atoms with E-state index in [0.29, 0.717) is 5.41 Å². The molecule has 2 atom stereocenters. The smallest absolute Gasteiger partial charge is 0.0601 e. The average molecular weight is 184 g/mol. The van der Waals surface area contributed by atoms with Crippen molar-refractivity contribution in [3.8, 4) is 0 Å². The molecule has 1 heteroatoms. The van der Waals surface area contributed by atoms with Gasteiger partial charge in [-0.05, 0) is 31.1 Å². The van der Waals surface area contributed by atoms with Gasteiger partial charge in [-0.15, -0.1) is 0 Å². The van der Waals surface area contributed by atoms with E-state index in [0.717, 1.165) is 12.8 Å². The summed E-state index contributed by atoms with van der Waals surface area (Å²) in [6.07, 6.45) is 5.61. The van der Waals surface area contributed by atoms with Crippen LogP contribution in [-0.4, -0.2) is 11.2 Å². The van der Waals surface area contributed by atoms with E-state index in [1.165, 1.54) is 19.3 Å². The van der Waals surface area contributed by atoms with Gasteiger partial charge in [0.15, 0.2) is 0 Å². The first-order chi connectivity index (χ1) is 6.00. The summed E-state index contributed by atoms with van der Waals surface area (Å²) in [5, 5.41) is 10.1. The van der Waals surface area contributed by atoms with Crippen LogP contribution in [0.4, 0.5) is 0 Å². The van der Waals surface area contributed by atoms with E-state index >= 15 is 0 Å². The van der Waals surface area contributed by atoms with Crippen molar-refractivity contribution in [2.75, 3.05) is 0 Å². The molecule has 0 aliphatic heterocycles. The predicted octanol–water partition coefficient (Wildman–Crippen LogP) is 3.36. The van der Waals surface area contributed by atoms with Gasteiger partial charge in [-0.25, -0.2) is 0 Å². The van der Waals surface area contributed by atoms with Crippen molar-refractivity contribution in [3.63, 3.8) is 0 Å². The third kappa shape index (κ3) is 1.52. The minimum atomic E-state index is -0.0625. The molecule has 0 bridgehead atoms. The lowest BCUT2D eigenvalue weighted by molar-refractivity contribution is -0.0217. The zero-order chi connectivity index (χ0) is 10.1. The highest BCUT2D eigenvalue weighted by atomic mass is 16.3. The van der Waals surface area contributed by atoms with Crippen molar-refractivity contribution in [1.82, 2.24) is 0 Å². The SMILES string of the molecule is CCCC1(CC)C(O)CCC1(C)C. The van der Waals surface area contributed by atoms with Crippen molar-refractivity contribution in [2.45, 2.75) is 65.9 Å². The molecule has 0 amide bonds. The van der Waals surface area contributed by atoms with Crippen LogP contribution in [0.15, 0.2) is 0 Å². The maximum absolute atomic E-state index is 10.1. The molecule has 13 heavy (non-hydrogen) atoms. The van der Waals surface area contributed by atoms with Gasteiger partial charge in [0.25, 0.3) is 0 Å². The molecule has 0 radical (unpaired) electrons. The molecule has 1 nitrogen and oxygen atoms in total. The molecule has 0 spiro atoms. The van der Waals surface area contributed by atoms with Gasteiger partial charge in [0.05, 0.1) is 6.10 Å². The summed E-state index contributed by atoms with van der Waals surface area (Å²) >= 11 is 0. The zero-order valence-electron chi connectivity index (χ0n) is 9.56. The minimum absolute atomic E-state index is 0.0625. The molecule has 1 N–H and O–H groups in total. The molecule has 1 rings (SSSR count). The van der Waals surface area contributed by atoms with Gasteiger partial charge in [-0.3, -0.25) is 0 Å². The van der Waals surface area contributed by atoms with Gasteiger partial charge in [-0.1, -0.05) is 34.1 Å². The van der Waals surface area contributed by atoms with E-state index in [9.17, 15) is 5.11 Å². The Kier molecular flexibility index (Phi) is 3.06. The van der Waals surface area contributed by atoms with E-state index in [1.54, 1.807) is 0 Å². The maximum Gasteiger partial charge on any atom is 0.0601 e. The molecular weight excluding hydrogens is 160 g/mol. The van der Waals surface area contributed by atoms with Gasteiger partial charge in [-0.2, -0.15) is 0 Å². The second kappa shape index (κ2) is 3.61. The predicted molar refractivity (Wildman–Crippen MR) is 56.7 cm³/mol. The van der Waals surface area contributed by atoms with E-state index in [4.69, 9.17) is 0 Å². The Morgan fingerprint density at radius 3 is 2.23 bits per heavy atom. The summed E-state index contributed by atoms with van der Waals surface area (Å²) < 4.78 is 0. The van der Waals surface area contributed by atoms with E-state index in [-0.39, 0.29) is 11.5 Å². The normalized spacial score (nSPS) is 38.1. The third-order valence-corrected chi connectivity index (χ3v) is 4.36. The second-order valence-corrected chi connectivity index (χ2v) is 5.20. The quantitative estimate of drug-likeness (QED) is 0.713. The lowest BCUT2D eigenvalue weighted by Crippen LogP contribution is -2.40. The Morgan fingerprint density at radius 2 is 1.92 bits per heavy atom. The summed E-state index contributed by atoms with van der Waals surface area (Å²) in [7, 11) is 0. The number of hydrogen-bond donors (Lipinski definition) is 1. The van der Waals surface area contributed by atoms with Crippen molar-refractivity contribution < 1.29 is 5.11 Å². The van der Waals surface area contributed by atoms with Crippen LogP contribution in [-0.2, 0) is 0 Å². The van der Waals surface area contributed by atoms with Gasteiger partial charge < -0.3 is 5.11 Å². The van der Waals surface area contributed by atoms with Gasteiger partial charge >= 0.3 is 0 Å². The topological polar surface area (TPSA) is 20.2 Å². The Balaban J connectivity index is 2.91. The summed E-state index contributed by atoms with van der Waals surface area (Å²) in [5.41, 5.74) is 0.527. The zero-order valence-corrected chi connectivity index (χ0v) is 9.56. The molecule has 1 aliphatic carbocycles. The Labute approximate surface area is 82.5 Å². The van der Waals surface area contributed by atoms with E-state index in [2.05, 4.69) is 27.7 Å². The lowest BCUT2D eigenvalue weighted by Gasteiger charge is -2.43. The number of aliphatic hydroxyl groups excluding tert-OH is 1. The molecule has 0 aromatic carbocycles. The first kappa shape index (κ1) is 11.0. The van der Waals surface area contributed by atoms with Crippen LogP contribution >= 0.6 is 0 Å². The molecule has 78 valence electrons. The van der Waals surface area contributed by atoms with Gasteiger partial charge in [0, 0.05) is 5.41 Å². The molecular formula is C12H24O. The monoisotopic (exact) mass is 184 g/mol.